The van der Waals surface area contributed by atoms with E-state index in [2.05, 4.69) is 26.5 Å². The largest absolute Gasteiger partial charge is 0.497 e. The molecule has 8 nitrogen and oxygen atoms in total. The van der Waals surface area contributed by atoms with Gasteiger partial charge in [-0.05, 0) is 36.4 Å². The minimum absolute atomic E-state index is 0.420. The summed E-state index contributed by atoms with van der Waals surface area (Å²) in [4.78, 5) is 28.6. The fourth-order valence-electron chi connectivity index (χ4n) is 3.37. The molecule has 1 aliphatic rings. The zero-order valence-electron chi connectivity index (χ0n) is 17.4. The first-order valence-electron chi connectivity index (χ1n) is 9.94. The standard InChI is InChI=1S/C22H28N4O4/c1-29-18-9-7-17(8-10-18)24-22(28)21(27)23-11-12-25-13-15-26(16-14-25)19-5-3-4-6-20(19)30-2/h3-10H,11-16H2,1-2H3,(H,23,27)(H,24,28). The van der Waals surface area contributed by atoms with Crippen LogP contribution >= 0.6 is 0 Å². The number of ether oxygens (including phenoxy) is 2. The summed E-state index contributed by atoms with van der Waals surface area (Å²) in [7, 11) is 3.25. The molecule has 160 valence electrons. The van der Waals surface area contributed by atoms with Gasteiger partial charge in [-0.25, -0.2) is 0 Å². The third-order valence-electron chi connectivity index (χ3n) is 5.07. The number of amides is 2. The van der Waals surface area contributed by atoms with E-state index in [1.165, 1.54) is 0 Å². The second kappa shape index (κ2) is 10.5. The van der Waals surface area contributed by atoms with Crippen LogP contribution in [-0.2, 0) is 9.59 Å². The smallest absolute Gasteiger partial charge is 0.313 e. The lowest BCUT2D eigenvalue weighted by molar-refractivity contribution is -0.136. The molecule has 0 radical (unpaired) electrons. The van der Waals surface area contributed by atoms with Gasteiger partial charge in [0.2, 0.25) is 0 Å². The van der Waals surface area contributed by atoms with Gasteiger partial charge in [0.05, 0.1) is 19.9 Å². The van der Waals surface area contributed by atoms with Crippen LogP contribution in [0.2, 0.25) is 0 Å². The first-order chi connectivity index (χ1) is 14.6. The number of nitrogens with one attached hydrogen (secondary N) is 2. The Morgan fingerprint density at radius 3 is 2.27 bits per heavy atom. The Bertz CT molecular complexity index is 848. The minimum Gasteiger partial charge on any atom is -0.497 e. The summed E-state index contributed by atoms with van der Waals surface area (Å²) in [5.41, 5.74) is 1.64. The summed E-state index contributed by atoms with van der Waals surface area (Å²) >= 11 is 0. The predicted octanol–water partition coefficient (Wildman–Crippen LogP) is 1.58. The van der Waals surface area contributed by atoms with Crippen LogP contribution in [0.4, 0.5) is 11.4 Å². The van der Waals surface area contributed by atoms with Gasteiger partial charge in [-0.3, -0.25) is 14.5 Å². The Balaban J connectivity index is 1.38. The zero-order chi connectivity index (χ0) is 21.3. The Hall–Kier alpha value is -3.26. The average Bonchev–Trinajstić information content (AvgIpc) is 2.80. The van der Waals surface area contributed by atoms with Gasteiger partial charge < -0.3 is 25.0 Å². The molecule has 0 bridgehead atoms. The van der Waals surface area contributed by atoms with Crippen LogP contribution in [0.5, 0.6) is 11.5 Å². The normalized spacial score (nSPS) is 14.1. The molecule has 0 saturated carbocycles. The molecule has 2 aromatic rings. The van der Waals surface area contributed by atoms with Crippen molar-refractivity contribution in [2.45, 2.75) is 0 Å². The van der Waals surface area contributed by atoms with Crippen LogP contribution < -0.4 is 25.0 Å². The molecule has 1 aliphatic heterocycles. The molecule has 0 atom stereocenters. The van der Waals surface area contributed by atoms with E-state index in [9.17, 15) is 9.59 Å². The number of benzene rings is 2. The molecule has 0 aliphatic carbocycles. The number of rotatable bonds is 7. The number of carbonyl (C=O) groups is 2. The van der Waals surface area contributed by atoms with Crippen molar-refractivity contribution in [3.63, 3.8) is 0 Å². The molecule has 0 spiro atoms. The monoisotopic (exact) mass is 412 g/mol. The molecule has 0 aromatic heterocycles. The molecule has 2 amide bonds. The van der Waals surface area contributed by atoms with Gasteiger partial charge >= 0.3 is 11.8 Å². The summed E-state index contributed by atoms with van der Waals surface area (Å²) < 4.78 is 10.5. The molecule has 2 aromatic carbocycles. The van der Waals surface area contributed by atoms with Crippen molar-refractivity contribution in [2.75, 3.05) is 63.7 Å². The predicted molar refractivity (Wildman–Crippen MR) is 116 cm³/mol. The summed E-state index contributed by atoms with van der Waals surface area (Å²) in [6.07, 6.45) is 0. The maximum Gasteiger partial charge on any atom is 0.313 e. The summed E-state index contributed by atoms with van der Waals surface area (Å²) in [6, 6.07) is 14.8. The minimum atomic E-state index is -0.679. The molecule has 30 heavy (non-hydrogen) atoms. The van der Waals surface area contributed by atoms with Crippen LogP contribution in [0.1, 0.15) is 0 Å². The van der Waals surface area contributed by atoms with Gasteiger partial charge in [0.1, 0.15) is 11.5 Å². The Morgan fingerprint density at radius 1 is 0.900 bits per heavy atom. The molecule has 3 rings (SSSR count). The van der Waals surface area contributed by atoms with E-state index >= 15 is 0 Å². The summed E-state index contributed by atoms with van der Waals surface area (Å²) in [6.45, 7) is 4.64. The molecule has 1 saturated heterocycles. The van der Waals surface area contributed by atoms with Crippen molar-refractivity contribution < 1.29 is 19.1 Å². The Morgan fingerprint density at radius 2 is 1.60 bits per heavy atom. The topological polar surface area (TPSA) is 83.1 Å². The van der Waals surface area contributed by atoms with Crippen LogP contribution in [0.3, 0.4) is 0 Å². The molecule has 0 unspecified atom stereocenters. The SMILES string of the molecule is COc1ccc(NC(=O)C(=O)NCCN2CCN(c3ccccc3OC)CC2)cc1. The highest BCUT2D eigenvalue weighted by atomic mass is 16.5. The zero-order valence-corrected chi connectivity index (χ0v) is 17.4. The van der Waals surface area contributed by atoms with Crippen LogP contribution in [0.15, 0.2) is 48.5 Å². The quantitative estimate of drug-likeness (QED) is 0.672. The summed E-state index contributed by atoms with van der Waals surface area (Å²) in [5.74, 6) is 0.240. The maximum absolute atomic E-state index is 12.0. The third kappa shape index (κ3) is 5.64. The Labute approximate surface area is 176 Å². The number of hydrogen-bond donors (Lipinski definition) is 2. The van der Waals surface area contributed by atoms with E-state index in [1.54, 1.807) is 38.5 Å². The first-order valence-corrected chi connectivity index (χ1v) is 9.94. The average molecular weight is 412 g/mol. The van der Waals surface area contributed by atoms with E-state index in [0.717, 1.165) is 37.6 Å². The van der Waals surface area contributed by atoms with E-state index in [-0.39, 0.29) is 0 Å². The first kappa shape index (κ1) is 21.4. The highest BCUT2D eigenvalue weighted by Gasteiger charge is 2.20. The molecule has 8 heteroatoms. The Kier molecular flexibility index (Phi) is 7.51. The van der Waals surface area contributed by atoms with Gasteiger partial charge in [0.25, 0.3) is 0 Å². The molecular weight excluding hydrogens is 384 g/mol. The number of methoxy groups -OCH3 is 2. The number of carbonyl (C=O) groups excluding carboxylic acids is 2. The fourth-order valence-corrected chi connectivity index (χ4v) is 3.37. The summed E-state index contributed by atoms with van der Waals surface area (Å²) in [5, 5.41) is 5.26. The van der Waals surface area contributed by atoms with Crippen molar-refractivity contribution >= 4 is 23.2 Å². The van der Waals surface area contributed by atoms with Gasteiger partial charge in [0.15, 0.2) is 0 Å². The van der Waals surface area contributed by atoms with Gasteiger partial charge in [-0.15, -0.1) is 0 Å². The second-order valence-electron chi connectivity index (χ2n) is 6.94. The molecule has 2 N–H and O–H groups in total. The van der Waals surface area contributed by atoms with Crippen molar-refractivity contribution in [2.24, 2.45) is 0 Å². The third-order valence-corrected chi connectivity index (χ3v) is 5.07. The van der Waals surface area contributed by atoms with Crippen LogP contribution in [0.25, 0.3) is 0 Å². The number of anilines is 2. The van der Waals surface area contributed by atoms with Crippen molar-refractivity contribution in [1.82, 2.24) is 10.2 Å². The molecular formula is C22H28N4O4. The number of nitrogens with zero attached hydrogens (tertiary/aromatic N) is 2. The molecule has 1 heterocycles. The van der Waals surface area contributed by atoms with E-state index in [1.807, 2.05) is 18.2 Å². The van der Waals surface area contributed by atoms with Crippen molar-refractivity contribution in [1.29, 1.82) is 0 Å². The van der Waals surface area contributed by atoms with E-state index in [4.69, 9.17) is 9.47 Å². The van der Waals surface area contributed by atoms with Crippen molar-refractivity contribution in [3.05, 3.63) is 48.5 Å². The second-order valence-corrected chi connectivity index (χ2v) is 6.94. The number of piperazine rings is 1. The lowest BCUT2D eigenvalue weighted by atomic mass is 10.2. The van der Waals surface area contributed by atoms with Gasteiger partial charge in [-0.1, -0.05) is 12.1 Å². The van der Waals surface area contributed by atoms with Gasteiger partial charge in [0, 0.05) is 45.0 Å². The van der Waals surface area contributed by atoms with Crippen LogP contribution in [0, 0.1) is 0 Å². The lowest BCUT2D eigenvalue weighted by Crippen LogP contribution is -2.49. The molecule has 1 fully saturated rings. The fraction of sp³-hybridized carbons (Fsp3) is 0.364. The number of para-hydroxylation sites is 2. The highest BCUT2D eigenvalue weighted by molar-refractivity contribution is 6.39. The van der Waals surface area contributed by atoms with Gasteiger partial charge in [-0.2, -0.15) is 0 Å². The van der Waals surface area contributed by atoms with E-state index < -0.39 is 11.8 Å². The number of hydrogen-bond acceptors (Lipinski definition) is 6. The maximum atomic E-state index is 12.0. The van der Waals surface area contributed by atoms with E-state index in [0.29, 0.717) is 24.5 Å². The van der Waals surface area contributed by atoms with Crippen molar-refractivity contribution in [3.8, 4) is 11.5 Å². The highest BCUT2D eigenvalue weighted by Crippen LogP contribution is 2.28. The van der Waals surface area contributed by atoms with Crippen LogP contribution in [-0.4, -0.2) is 70.2 Å². The lowest BCUT2D eigenvalue weighted by Gasteiger charge is -2.36.